The Morgan fingerprint density at radius 3 is 2.33 bits per heavy atom. The Balaban J connectivity index is 1.54. The van der Waals surface area contributed by atoms with Gasteiger partial charge in [0.1, 0.15) is 0 Å². The molecule has 30 heavy (non-hydrogen) atoms. The van der Waals surface area contributed by atoms with Gasteiger partial charge in [-0.05, 0) is 56.2 Å². The van der Waals surface area contributed by atoms with Gasteiger partial charge in [-0.2, -0.15) is 5.10 Å². The first-order valence-corrected chi connectivity index (χ1v) is 9.56. The van der Waals surface area contributed by atoms with Crippen molar-refractivity contribution < 1.29 is 19.1 Å². The highest BCUT2D eigenvalue weighted by molar-refractivity contribution is 5.92. The lowest BCUT2D eigenvalue weighted by Crippen LogP contribution is -2.43. The quantitative estimate of drug-likeness (QED) is 0.582. The number of carbonyl (C=O) groups is 3. The van der Waals surface area contributed by atoms with Gasteiger partial charge < -0.3 is 10.1 Å². The fraction of sp³-hybridized carbons (Fsp3) is 0.217. The van der Waals surface area contributed by atoms with Gasteiger partial charge in [0.25, 0.3) is 5.91 Å². The standard InChI is InChI=1S/C23H23N3O4/c1-16-12-13-24-26(16)20-10-8-19(9-11-20)23(29)30-15-22(28)25-21(17(2)27)14-18-6-4-3-5-7-18/h3-13,21H,14-15H2,1-2H3,(H,25,28)/t21-/m0/s1. The summed E-state index contributed by atoms with van der Waals surface area (Å²) in [6.07, 6.45) is 2.08. The molecule has 1 amide bonds. The summed E-state index contributed by atoms with van der Waals surface area (Å²) in [5.74, 6) is -1.30. The highest BCUT2D eigenvalue weighted by atomic mass is 16.5. The average Bonchev–Trinajstić information content (AvgIpc) is 3.18. The van der Waals surface area contributed by atoms with Crippen LogP contribution in [0.5, 0.6) is 0 Å². The molecule has 0 spiro atoms. The molecule has 1 aromatic heterocycles. The largest absolute Gasteiger partial charge is 0.452 e. The number of hydrogen-bond donors (Lipinski definition) is 1. The van der Waals surface area contributed by atoms with Gasteiger partial charge in [0.15, 0.2) is 12.4 Å². The Morgan fingerprint density at radius 2 is 1.73 bits per heavy atom. The predicted molar refractivity (Wildman–Crippen MR) is 111 cm³/mol. The number of aryl methyl sites for hydroxylation is 1. The number of aromatic nitrogens is 2. The average molecular weight is 405 g/mol. The molecule has 0 saturated carbocycles. The first-order valence-electron chi connectivity index (χ1n) is 9.56. The van der Waals surface area contributed by atoms with Crippen LogP contribution in [0.4, 0.5) is 0 Å². The lowest BCUT2D eigenvalue weighted by molar-refractivity contribution is -0.128. The summed E-state index contributed by atoms with van der Waals surface area (Å²) in [6, 6.07) is 17.3. The second-order valence-electron chi connectivity index (χ2n) is 6.93. The van der Waals surface area contributed by atoms with Crippen molar-refractivity contribution in [3.8, 4) is 5.69 Å². The van der Waals surface area contributed by atoms with Crippen LogP contribution in [0.3, 0.4) is 0 Å². The van der Waals surface area contributed by atoms with E-state index >= 15 is 0 Å². The molecule has 0 aliphatic heterocycles. The second-order valence-corrected chi connectivity index (χ2v) is 6.93. The number of hydrogen-bond acceptors (Lipinski definition) is 5. The summed E-state index contributed by atoms with van der Waals surface area (Å²) in [5, 5.41) is 6.84. The van der Waals surface area contributed by atoms with Gasteiger partial charge in [-0.25, -0.2) is 9.48 Å². The Labute approximate surface area is 174 Å². The van der Waals surface area contributed by atoms with Crippen molar-refractivity contribution in [2.24, 2.45) is 0 Å². The Hall–Kier alpha value is -3.74. The second kappa shape index (κ2) is 9.65. The number of ether oxygens (including phenoxy) is 1. The highest BCUT2D eigenvalue weighted by Gasteiger charge is 2.19. The van der Waals surface area contributed by atoms with E-state index in [-0.39, 0.29) is 5.78 Å². The number of amides is 1. The van der Waals surface area contributed by atoms with Crippen molar-refractivity contribution in [3.05, 3.63) is 83.7 Å². The Morgan fingerprint density at radius 1 is 1.03 bits per heavy atom. The normalized spacial score (nSPS) is 11.5. The molecule has 0 saturated heterocycles. The van der Waals surface area contributed by atoms with Gasteiger partial charge in [0.05, 0.1) is 17.3 Å². The minimum Gasteiger partial charge on any atom is -0.452 e. The third-order valence-corrected chi connectivity index (χ3v) is 4.62. The molecule has 0 aliphatic rings. The fourth-order valence-corrected chi connectivity index (χ4v) is 2.98. The van der Waals surface area contributed by atoms with Crippen molar-refractivity contribution in [2.45, 2.75) is 26.3 Å². The van der Waals surface area contributed by atoms with Gasteiger partial charge in [0, 0.05) is 11.9 Å². The molecular weight excluding hydrogens is 382 g/mol. The summed E-state index contributed by atoms with van der Waals surface area (Å²) >= 11 is 0. The predicted octanol–water partition coefficient (Wildman–Crippen LogP) is 2.65. The number of nitrogens with zero attached hydrogens (tertiary/aromatic N) is 2. The number of rotatable bonds is 8. The van der Waals surface area contributed by atoms with Crippen molar-refractivity contribution in [2.75, 3.05) is 6.61 Å². The van der Waals surface area contributed by atoms with Crippen molar-refractivity contribution in [1.82, 2.24) is 15.1 Å². The van der Waals surface area contributed by atoms with E-state index in [4.69, 9.17) is 4.74 Å². The van der Waals surface area contributed by atoms with Crippen LogP contribution in [-0.2, 0) is 20.7 Å². The molecule has 0 aliphatic carbocycles. The lowest BCUT2D eigenvalue weighted by Gasteiger charge is -2.16. The number of Topliss-reactive ketones (excluding diaryl/α,β-unsaturated/α-hetero) is 1. The summed E-state index contributed by atoms with van der Waals surface area (Å²) in [4.78, 5) is 36.3. The van der Waals surface area contributed by atoms with Gasteiger partial charge in [0.2, 0.25) is 0 Å². The third kappa shape index (κ3) is 5.41. The Bertz CT molecular complexity index is 1030. The molecule has 0 radical (unpaired) electrons. The minimum absolute atomic E-state index is 0.164. The minimum atomic E-state index is -0.671. The zero-order valence-corrected chi connectivity index (χ0v) is 16.9. The molecule has 1 heterocycles. The van der Waals surface area contributed by atoms with Gasteiger partial charge in [-0.3, -0.25) is 9.59 Å². The zero-order valence-electron chi connectivity index (χ0n) is 16.9. The van der Waals surface area contributed by atoms with E-state index in [1.165, 1.54) is 6.92 Å². The SMILES string of the molecule is CC(=O)[C@H](Cc1ccccc1)NC(=O)COC(=O)c1ccc(-n2nccc2C)cc1. The van der Waals surface area contributed by atoms with E-state index in [0.29, 0.717) is 12.0 Å². The van der Waals surface area contributed by atoms with E-state index in [0.717, 1.165) is 16.9 Å². The molecule has 1 N–H and O–H groups in total. The molecule has 2 aromatic carbocycles. The van der Waals surface area contributed by atoms with E-state index in [1.54, 1.807) is 35.1 Å². The molecule has 7 nitrogen and oxygen atoms in total. The maximum absolute atomic E-state index is 12.2. The first-order chi connectivity index (χ1) is 14.4. The van der Waals surface area contributed by atoms with Crippen LogP contribution >= 0.6 is 0 Å². The number of nitrogens with one attached hydrogen (secondary N) is 1. The van der Waals surface area contributed by atoms with Crippen LogP contribution < -0.4 is 5.32 Å². The summed E-state index contributed by atoms with van der Waals surface area (Å²) < 4.78 is 6.84. The smallest absolute Gasteiger partial charge is 0.338 e. The van der Waals surface area contributed by atoms with E-state index in [2.05, 4.69) is 10.4 Å². The Kier molecular flexibility index (Phi) is 6.75. The van der Waals surface area contributed by atoms with Crippen LogP contribution in [0.2, 0.25) is 0 Å². The van der Waals surface area contributed by atoms with Crippen LogP contribution in [0, 0.1) is 6.92 Å². The van der Waals surface area contributed by atoms with E-state index in [9.17, 15) is 14.4 Å². The maximum atomic E-state index is 12.2. The molecule has 0 bridgehead atoms. The molecule has 0 unspecified atom stereocenters. The van der Waals surface area contributed by atoms with Crippen LogP contribution in [0.15, 0.2) is 66.9 Å². The fourth-order valence-electron chi connectivity index (χ4n) is 2.98. The first kappa shape index (κ1) is 21.0. The molecule has 3 rings (SSSR count). The highest BCUT2D eigenvalue weighted by Crippen LogP contribution is 2.12. The van der Waals surface area contributed by atoms with Crippen molar-refractivity contribution in [3.63, 3.8) is 0 Å². The third-order valence-electron chi connectivity index (χ3n) is 4.62. The van der Waals surface area contributed by atoms with Crippen LogP contribution in [-0.4, -0.2) is 40.1 Å². The number of carbonyl (C=O) groups excluding carboxylic acids is 3. The molecule has 1 atom stereocenters. The lowest BCUT2D eigenvalue weighted by atomic mass is 10.0. The molecule has 3 aromatic rings. The van der Waals surface area contributed by atoms with Crippen LogP contribution in [0.1, 0.15) is 28.5 Å². The molecule has 154 valence electrons. The molecular formula is C23H23N3O4. The number of benzene rings is 2. The summed E-state index contributed by atoms with van der Waals surface area (Å²) in [6.45, 7) is 2.89. The van der Waals surface area contributed by atoms with Gasteiger partial charge in [-0.15, -0.1) is 0 Å². The van der Waals surface area contributed by atoms with E-state index < -0.39 is 24.5 Å². The maximum Gasteiger partial charge on any atom is 0.338 e. The topological polar surface area (TPSA) is 90.3 Å². The van der Waals surface area contributed by atoms with Gasteiger partial charge in [-0.1, -0.05) is 30.3 Å². The summed E-state index contributed by atoms with van der Waals surface area (Å²) in [5.41, 5.74) is 3.04. The molecule has 0 fully saturated rings. The number of esters is 1. The summed E-state index contributed by atoms with van der Waals surface area (Å²) in [7, 11) is 0. The van der Waals surface area contributed by atoms with Crippen molar-refractivity contribution >= 4 is 17.7 Å². The zero-order chi connectivity index (χ0) is 21.5. The van der Waals surface area contributed by atoms with Crippen LogP contribution in [0.25, 0.3) is 5.69 Å². The van der Waals surface area contributed by atoms with E-state index in [1.807, 2.05) is 43.3 Å². The van der Waals surface area contributed by atoms with Crippen molar-refractivity contribution in [1.29, 1.82) is 0 Å². The molecule has 7 heteroatoms. The number of ketones is 1. The monoisotopic (exact) mass is 405 g/mol. The van der Waals surface area contributed by atoms with Gasteiger partial charge >= 0.3 is 5.97 Å².